The zero-order chi connectivity index (χ0) is 25.9. The van der Waals surface area contributed by atoms with E-state index in [4.69, 9.17) is 11.6 Å². The van der Waals surface area contributed by atoms with E-state index in [1.807, 2.05) is 0 Å². The van der Waals surface area contributed by atoms with Crippen LogP contribution in [0.25, 0.3) is 0 Å². The quantitative estimate of drug-likeness (QED) is 0.348. The number of carbonyl (C=O) groups excluding carboxylic acids is 2. The molecular formula is C23H15ClF3NO5S2. The molecule has 0 atom stereocenters. The van der Waals surface area contributed by atoms with E-state index in [2.05, 4.69) is 11.8 Å². The average Bonchev–Trinajstić information content (AvgIpc) is 3.15. The van der Waals surface area contributed by atoms with Crippen LogP contribution >= 0.6 is 22.9 Å². The molecule has 1 aromatic carbocycles. The van der Waals surface area contributed by atoms with Gasteiger partial charge in [0.15, 0.2) is 11.6 Å². The third-order valence-corrected chi connectivity index (χ3v) is 6.85. The first-order valence-electron chi connectivity index (χ1n) is 9.71. The summed E-state index contributed by atoms with van der Waals surface area (Å²) >= 11 is 7.08. The van der Waals surface area contributed by atoms with E-state index >= 15 is 0 Å². The highest BCUT2D eigenvalue weighted by Crippen LogP contribution is 2.28. The van der Waals surface area contributed by atoms with Gasteiger partial charge in [0.05, 0.1) is 17.0 Å². The van der Waals surface area contributed by atoms with Crippen molar-refractivity contribution in [3.8, 4) is 11.8 Å². The number of ketones is 1. The van der Waals surface area contributed by atoms with Crippen molar-refractivity contribution in [2.75, 3.05) is 6.26 Å². The first kappa shape index (κ1) is 26.4. The molecule has 35 heavy (non-hydrogen) atoms. The van der Waals surface area contributed by atoms with Crippen molar-refractivity contribution in [1.82, 2.24) is 4.57 Å². The molecule has 0 aliphatic rings. The lowest BCUT2D eigenvalue weighted by Gasteiger charge is -2.08. The molecule has 0 unspecified atom stereocenters. The fourth-order valence-corrected chi connectivity index (χ4v) is 4.66. The van der Waals surface area contributed by atoms with Gasteiger partial charge >= 0.3 is 0 Å². The van der Waals surface area contributed by atoms with Gasteiger partial charge in [0, 0.05) is 30.0 Å². The van der Waals surface area contributed by atoms with Crippen LogP contribution in [0, 0.1) is 17.7 Å². The Labute approximate surface area is 206 Å². The molecule has 0 bridgehead atoms. The van der Waals surface area contributed by atoms with E-state index in [-0.39, 0.29) is 32.3 Å². The minimum atomic E-state index is -3.92. The number of pyridine rings is 1. The van der Waals surface area contributed by atoms with Crippen LogP contribution in [-0.2, 0) is 22.8 Å². The van der Waals surface area contributed by atoms with Crippen LogP contribution in [0.1, 0.15) is 36.7 Å². The summed E-state index contributed by atoms with van der Waals surface area (Å²) in [5.41, 5.74) is -0.593. The molecule has 12 heteroatoms. The SMILES string of the molecule is CS(=O)(=O)C(=O)c1cccc(C#Cc2cc(C(=O)Cc3cc(F)c(=O)n(CC(F)F)c3)sc2Cl)c1. The van der Waals surface area contributed by atoms with Gasteiger partial charge in [-0.25, -0.2) is 21.6 Å². The minimum absolute atomic E-state index is 0.0391. The Morgan fingerprint density at radius 2 is 1.89 bits per heavy atom. The summed E-state index contributed by atoms with van der Waals surface area (Å²) in [5.74, 6) is 3.75. The maximum atomic E-state index is 13.8. The molecule has 0 spiro atoms. The molecule has 0 fully saturated rings. The Balaban J connectivity index is 1.83. The normalized spacial score (nSPS) is 11.3. The number of halogens is 4. The van der Waals surface area contributed by atoms with Crippen molar-refractivity contribution in [2.24, 2.45) is 0 Å². The summed E-state index contributed by atoms with van der Waals surface area (Å²) in [5, 5.41) is -1.04. The second-order valence-corrected chi connectivity index (χ2v) is 10.9. The molecule has 182 valence electrons. The highest BCUT2D eigenvalue weighted by molar-refractivity contribution is 8.06. The predicted octanol–water partition coefficient (Wildman–Crippen LogP) is 3.98. The van der Waals surface area contributed by atoms with Gasteiger partial charge in [-0.1, -0.05) is 35.6 Å². The number of thiophene rings is 1. The van der Waals surface area contributed by atoms with Crippen molar-refractivity contribution >= 4 is 43.7 Å². The summed E-state index contributed by atoms with van der Waals surface area (Å²) in [4.78, 5) is 36.4. The summed E-state index contributed by atoms with van der Waals surface area (Å²) in [6.07, 6.45) is -1.42. The monoisotopic (exact) mass is 541 g/mol. The Kier molecular flexibility index (Phi) is 8.00. The smallest absolute Gasteiger partial charge is 0.286 e. The van der Waals surface area contributed by atoms with E-state index in [0.717, 1.165) is 29.9 Å². The molecule has 6 nitrogen and oxygen atoms in total. The number of rotatable bonds is 6. The summed E-state index contributed by atoms with van der Waals surface area (Å²) in [6.45, 7) is -1.00. The van der Waals surface area contributed by atoms with Crippen LogP contribution in [0.2, 0.25) is 4.34 Å². The first-order valence-corrected chi connectivity index (χ1v) is 12.8. The van der Waals surface area contributed by atoms with Crippen LogP contribution < -0.4 is 5.56 Å². The molecule has 3 rings (SSSR count). The molecule has 0 aliphatic heterocycles. The van der Waals surface area contributed by atoms with Crippen LogP contribution in [0.5, 0.6) is 0 Å². The Hall–Kier alpha value is -3.20. The topological polar surface area (TPSA) is 90.3 Å². The van der Waals surface area contributed by atoms with Gasteiger partial charge < -0.3 is 4.57 Å². The molecule has 0 saturated carbocycles. The van der Waals surface area contributed by atoms with Gasteiger partial charge in [-0.2, -0.15) is 0 Å². The first-order chi connectivity index (χ1) is 16.3. The Morgan fingerprint density at radius 1 is 1.17 bits per heavy atom. The number of alkyl halides is 2. The standard InChI is InChI=1S/C23H15ClF3NO5S2/c1-35(32,33)23(31)16-4-2-3-13(7-16)5-6-15-10-19(34-21(15)24)18(29)9-14-8-17(25)22(30)28(11-14)12-20(26)27/h2-4,7-8,10-11,20H,9,12H2,1H3. The van der Waals surface area contributed by atoms with Gasteiger partial charge in [-0.05, 0) is 29.8 Å². The Bertz CT molecular complexity index is 1550. The maximum absolute atomic E-state index is 13.8. The molecule has 2 heterocycles. The molecule has 0 amide bonds. The largest absolute Gasteiger partial charge is 0.307 e. The number of benzene rings is 1. The van der Waals surface area contributed by atoms with E-state index in [9.17, 15) is 36.0 Å². The second-order valence-electron chi connectivity index (χ2n) is 7.33. The number of hydrogen-bond donors (Lipinski definition) is 0. The fourth-order valence-electron chi connectivity index (χ4n) is 2.98. The summed E-state index contributed by atoms with van der Waals surface area (Å²) < 4.78 is 62.7. The lowest BCUT2D eigenvalue weighted by atomic mass is 10.1. The van der Waals surface area contributed by atoms with E-state index in [1.165, 1.54) is 24.3 Å². The summed E-state index contributed by atoms with van der Waals surface area (Å²) in [6, 6.07) is 7.91. The van der Waals surface area contributed by atoms with Crippen LogP contribution in [0.3, 0.4) is 0 Å². The van der Waals surface area contributed by atoms with E-state index in [1.54, 1.807) is 6.07 Å². The Morgan fingerprint density at radius 3 is 2.54 bits per heavy atom. The molecule has 0 N–H and O–H groups in total. The molecular weight excluding hydrogens is 527 g/mol. The minimum Gasteiger partial charge on any atom is -0.307 e. The zero-order valence-electron chi connectivity index (χ0n) is 17.8. The molecule has 2 aromatic heterocycles. The van der Waals surface area contributed by atoms with Crippen molar-refractivity contribution in [3.05, 3.63) is 90.2 Å². The van der Waals surface area contributed by atoms with Gasteiger partial charge in [0.1, 0.15) is 4.34 Å². The molecule has 0 radical (unpaired) electrons. The molecule has 3 aromatic rings. The van der Waals surface area contributed by atoms with Gasteiger partial charge in [0.2, 0.25) is 9.84 Å². The van der Waals surface area contributed by atoms with Crippen molar-refractivity contribution in [2.45, 2.75) is 19.4 Å². The molecule has 0 aliphatic carbocycles. The molecule has 0 saturated heterocycles. The van der Waals surface area contributed by atoms with E-state index < -0.39 is 45.1 Å². The fraction of sp³-hybridized carbons (Fsp3) is 0.174. The van der Waals surface area contributed by atoms with Crippen LogP contribution in [0.15, 0.2) is 47.4 Å². The second kappa shape index (κ2) is 10.6. The number of nitrogens with zero attached hydrogens (tertiary/aromatic N) is 1. The van der Waals surface area contributed by atoms with Crippen molar-refractivity contribution in [3.63, 3.8) is 0 Å². The maximum Gasteiger partial charge on any atom is 0.286 e. The van der Waals surface area contributed by atoms with Crippen LogP contribution in [-0.4, -0.2) is 36.6 Å². The van der Waals surface area contributed by atoms with Gasteiger partial charge in [0.25, 0.3) is 17.1 Å². The zero-order valence-corrected chi connectivity index (χ0v) is 20.2. The third-order valence-electron chi connectivity index (χ3n) is 4.54. The lowest BCUT2D eigenvalue weighted by Crippen LogP contribution is -2.26. The summed E-state index contributed by atoms with van der Waals surface area (Å²) in [7, 11) is -3.92. The van der Waals surface area contributed by atoms with Crippen molar-refractivity contribution < 1.29 is 31.2 Å². The van der Waals surface area contributed by atoms with E-state index in [0.29, 0.717) is 10.1 Å². The predicted molar refractivity (Wildman–Crippen MR) is 126 cm³/mol. The number of Topliss-reactive ketones (excluding diaryl/α,β-unsaturated/α-hetero) is 1. The number of aromatic nitrogens is 1. The van der Waals surface area contributed by atoms with Gasteiger partial charge in [-0.15, -0.1) is 11.3 Å². The van der Waals surface area contributed by atoms with Gasteiger partial charge in [-0.3, -0.25) is 14.4 Å². The number of carbonyl (C=O) groups is 2. The third kappa shape index (κ3) is 6.69. The highest BCUT2D eigenvalue weighted by Gasteiger charge is 2.19. The number of sulfone groups is 1. The van der Waals surface area contributed by atoms with Crippen LogP contribution in [0.4, 0.5) is 13.2 Å². The van der Waals surface area contributed by atoms with Crippen molar-refractivity contribution in [1.29, 1.82) is 0 Å². The average molecular weight is 542 g/mol. The lowest BCUT2D eigenvalue weighted by molar-refractivity contribution is 0.0995. The number of hydrogen-bond acceptors (Lipinski definition) is 6. The highest BCUT2D eigenvalue weighted by atomic mass is 35.5.